The molecule has 7 heteroatoms. The van der Waals surface area contributed by atoms with Crippen LogP contribution >= 0.6 is 15.9 Å². The average Bonchev–Trinajstić information content (AvgIpc) is 2.88. The van der Waals surface area contributed by atoms with Gasteiger partial charge in [-0.15, -0.1) is 0 Å². The van der Waals surface area contributed by atoms with Crippen LogP contribution in [0.4, 0.5) is 0 Å². The largest absolute Gasteiger partial charge is 0.356 e. The van der Waals surface area contributed by atoms with Crippen LogP contribution in [0.25, 0.3) is 21.5 Å². The Hall–Kier alpha value is -2.74. The first-order valence-corrected chi connectivity index (χ1v) is 13.8. The fraction of sp³-hybridized carbons (Fsp3) is 0.400. The minimum atomic E-state index is -0.0913. The molecule has 2 amide bonds. The van der Waals surface area contributed by atoms with Gasteiger partial charge in [-0.1, -0.05) is 66.7 Å². The summed E-state index contributed by atoms with van der Waals surface area (Å²) in [6, 6.07) is 15.1. The van der Waals surface area contributed by atoms with Crippen LogP contribution in [-0.4, -0.2) is 38.0 Å². The van der Waals surface area contributed by atoms with E-state index >= 15 is 0 Å². The molecule has 0 spiro atoms. The molecular weight excluding hydrogens is 528 g/mol. The molecule has 0 atom stereocenters. The molecule has 3 aromatic carbocycles. The molecule has 0 saturated carbocycles. The number of nitrogens with one attached hydrogen (secondary N) is 4. The Kier molecular flexibility index (Phi) is 11.1. The van der Waals surface area contributed by atoms with Gasteiger partial charge in [0.25, 0.3) is 0 Å². The number of benzene rings is 3. The molecule has 4 N–H and O–H groups in total. The number of carbonyl (C=O) groups excluding carboxylic acids is 2. The number of halogens is 1. The second-order valence-electron chi connectivity index (χ2n) is 9.74. The lowest BCUT2D eigenvalue weighted by Gasteiger charge is -2.18. The van der Waals surface area contributed by atoms with Crippen LogP contribution in [0.1, 0.15) is 44.7 Å². The van der Waals surface area contributed by atoms with Gasteiger partial charge in [0.15, 0.2) is 0 Å². The van der Waals surface area contributed by atoms with Crippen molar-refractivity contribution in [3.8, 4) is 0 Å². The van der Waals surface area contributed by atoms with Crippen LogP contribution in [0.5, 0.6) is 0 Å². The summed E-state index contributed by atoms with van der Waals surface area (Å²) < 4.78 is 1.05. The predicted molar refractivity (Wildman–Crippen MR) is 157 cm³/mol. The van der Waals surface area contributed by atoms with Crippen molar-refractivity contribution in [3.05, 3.63) is 70.2 Å². The third kappa shape index (κ3) is 8.12. The van der Waals surface area contributed by atoms with E-state index in [0.29, 0.717) is 18.7 Å². The molecule has 0 aliphatic carbocycles. The zero-order valence-corrected chi connectivity index (χ0v) is 23.8. The summed E-state index contributed by atoms with van der Waals surface area (Å²) in [5.74, 6) is 0.0233. The number of hydrogen-bond donors (Lipinski definition) is 4. The molecule has 0 saturated heterocycles. The van der Waals surface area contributed by atoms with Gasteiger partial charge in [-0.3, -0.25) is 9.59 Å². The van der Waals surface area contributed by atoms with Crippen molar-refractivity contribution in [1.29, 1.82) is 0 Å². The van der Waals surface area contributed by atoms with Crippen molar-refractivity contribution >= 4 is 49.3 Å². The molecule has 3 rings (SSSR count). The van der Waals surface area contributed by atoms with E-state index < -0.39 is 0 Å². The topological polar surface area (TPSA) is 82.3 Å². The highest BCUT2D eigenvalue weighted by molar-refractivity contribution is 9.10. The fourth-order valence-electron chi connectivity index (χ4n) is 4.33. The number of fused-ring (bicyclic) bond motifs is 2. The molecule has 3 aromatic rings. The Labute approximate surface area is 228 Å². The quantitative estimate of drug-likeness (QED) is 0.123. The van der Waals surface area contributed by atoms with E-state index in [1.807, 2.05) is 13.8 Å². The van der Waals surface area contributed by atoms with E-state index in [1.54, 1.807) is 6.92 Å². The average molecular weight is 568 g/mol. The van der Waals surface area contributed by atoms with Crippen molar-refractivity contribution in [2.24, 2.45) is 5.92 Å². The third-order valence-corrected chi connectivity index (χ3v) is 6.86. The molecule has 0 fully saturated rings. The summed E-state index contributed by atoms with van der Waals surface area (Å²) in [6.45, 7) is 13.6. The summed E-state index contributed by atoms with van der Waals surface area (Å²) >= 11 is 3.67. The molecule has 0 heterocycles. The summed E-state index contributed by atoms with van der Waals surface area (Å²) in [5, 5.41) is 18.0. The van der Waals surface area contributed by atoms with Gasteiger partial charge in [-0.2, -0.15) is 0 Å². The number of amides is 2. The van der Waals surface area contributed by atoms with E-state index in [2.05, 4.69) is 86.2 Å². The zero-order valence-electron chi connectivity index (χ0n) is 22.2. The molecule has 0 aliphatic rings. The zero-order chi connectivity index (χ0) is 26.8. The van der Waals surface area contributed by atoms with Crippen LogP contribution in [0.2, 0.25) is 0 Å². The molecule has 0 aromatic heterocycles. The van der Waals surface area contributed by atoms with Crippen molar-refractivity contribution in [2.75, 3.05) is 26.2 Å². The standard InChI is InChI=1S/C30H39BrN4O2/c1-20(2)29(36)34-15-7-13-32-18-27-23-9-5-6-10-24(23)28(26-17-22(31)11-12-25(26)27)19-33-14-8-16-35-30(37)21(3)4/h5-6,9-12,17,20,32-33H,3,7-8,13-16,18-19H2,1-2,4H3,(H,34,36)(H,35,37). The maximum absolute atomic E-state index is 11.8. The monoisotopic (exact) mass is 566 g/mol. The molecule has 198 valence electrons. The summed E-state index contributed by atoms with van der Waals surface area (Å²) in [6.07, 6.45) is 1.73. The van der Waals surface area contributed by atoms with E-state index in [9.17, 15) is 9.59 Å². The maximum Gasteiger partial charge on any atom is 0.246 e. The lowest BCUT2D eigenvalue weighted by Crippen LogP contribution is -2.30. The van der Waals surface area contributed by atoms with Gasteiger partial charge in [0.2, 0.25) is 11.8 Å². The van der Waals surface area contributed by atoms with Gasteiger partial charge >= 0.3 is 0 Å². The Balaban J connectivity index is 1.72. The van der Waals surface area contributed by atoms with Crippen LogP contribution < -0.4 is 21.3 Å². The number of hydrogen-bond acceptors (Lipinski definition) is 4. The Bertz CT molecular complexity index is 1260. The SMILES string of the molecule is C=C(C)C(=O)NCCCNCc1c2ccccc2c(CNCCCNC(=O)C(C)C)c2ccc(Br)cc12. The first kappa shape index (κ1) is 28.8. The molecule has 0 aliphatic heterocycles. The highest BCUT2D eigenvalue weighted by Crippen LogP contribution is 2.34. The van der Waals surface area contributed by atoms with Crippen molar-refractivity contribution in [2.45, 2.75) is 46.7 Å². The van der Waals surface area contributed by atoms with E-state index in [1.165, 1.54) is 32.7 Å². The highest BCUT2D eigenvalue weighted by atomic mass is 79.9. The lowest BCUT2D eigenvalue weighted by atomic mass is 9.91. The molecule has 0 bridgehead atoms. The van der Waals surface area contributed by atoms with Crippen molar-refractivity contribution < 1.29 is 9.59 Å². The van der Waals surface area contributed by atoms with Crippen LogP contribution in [0.3, 0.4) is 0 Å². The van der Waals surface area contributed by atoms with Crippen LogP contribution in [0.15, 0.2) is 59.1 Å². The highest BCUT2D eigenvalue weighted by Gasteiger charge is 2.14. The summed E-state index contributed by atoms with van der Waals surface area (Å²) in [7, 11) is 0. The first-order valence-electron chi connectivity index (χ1n) is 13.0. The lowest BCUT2D eigenvalue weighted by molar-refractivity contribution is -0.124. The molecule has 6 nitrogen and oxygen atoms in total. The second kappa shape index (κ2) is 14.3. The maximum atomic E-state index is 11.8. The van der Waals surface area contributed by atoms with Gasteiger partial charge in [-0.25, -0.2) is 0 Å². The van der Waals surface area contributed by atoms with Crippen molar-refractivity contribution in [3.63, 3.8) is 0 Å². The Morgan fingerprint density at radius 2 is 1.35 bits per heavy atom. The molecular formula is C30H39BrN4O2. The molecule has 37 heavy (non-hydrogen) atoms. The molecule has 0 unspecified atom stereocenters. The minimum Gasteiger partial charge on any atom is -0.356 e. The van der Waals surface area contributed by atoms with Gasteiger partial charge in [0.05, 0.1) is 0 Å². The number of rotatable bonds is 14. The summed E-state index contributed by atoms with van der Waals surface area (Å²) in [5.41, 5.74) is 3.09. The molecule has 0 radical (unpaired) electrons. The van der Waals surface area contributed by atoms with Gasteiger partial charge in [-0.05, 0) is 77.7 Å². The van der Waals surface area contributed by atoms with Crippen LogP contribution in [-0.2, 0) is 22.7 Å². The normalized spacial score (nSPS) is 11.3. The van der Waals surface area contributed by atoms with E-state index in [0.717, 1.165) is 43.5 Å². The predicted octanol–water partition coefficient (Wildman–Crippen LogP) is 5.18. The third-order valence-electron chi connectivity index (χ3n) is 6.37. The van der Waals surface area contributed by atoms with Gasteiger partial charge in [0, 0.05) is 42.1 Å². The van der Waals surface area contributed by atoms with E-state index in [-0.39, 0.29) is 17.7 Å². The van der Waals surface area contributed by atoms with Crippen molar-refractivity contribution in [1.82, 2.24) is 21.3 Å². The second-order valence-corrected chi connectivity index (χ2v) is 10.7. The Morgan fingerprint density at radius 1 is 0.811 bits per heavy atom. The van der Waals surface area contributed by atoms with Gasteiger partial charge in [0.1, 0.15) is 0 Å². The minimum absolute atomic E-state index is 0.0143. The summed E-state index contributed by atoms with van der Waals surface area (Å²) in [4.78, 5) is 23.4. The fourth-order valence-corrected chi connectivity index (χ4v) is 4.69. The number of carbonyl (C=O) groups is 2. The smallest absolute Gasteiger partial charge is 0.246 e. The Morgan fingerprint density at radius 3 is 1.92 bits per heavy atom. The first-order chi connectivity index (χ1) is 17.8. The van der Waals surface area contributed by atoms with Crippen LogP contribution in [0, 0.1) is 5.92 Å². The van der Waals surface area contributed by atoms with Gasteiger partial charge < -0.3 is 21.3 Å². The van der Waals surface area contributed by atoms with E-state index in [4.69, 9.17) is 0 Å².